The highest BCUT2D eigenvalue weighted by Gasteiger charge is 1.92. The van der Waals surface area contributed by atoms with Crippen LogP contribution in [-0.2, 0) is 6.54 Å². The molecule has 2 heteroatoms. The quantitative estimate of drug-likeness (QED) is 0.614. The summed E-state index contributed by atoms with van der Waals surface area (Å²) in [6, 6.07) is 5.05. The molecule has 0 amide bonds. The van der Waals surface area contributed by atoms with E-state index in [0.29, 0.717) is 0 Å². The summed E-state index contributed by atoms with van der Waals surface area (Å²) in [5.41, 5.74) is 5.55. The zero-order chi connectivity index (χ0) is 6.69. The van der Waals surface area contributed by atoms with E-state index in [1.165, 1.54) is 0 Å². The van der Waals surface area contributed by atoms with E-state index in [2.05, 4.69) is 6.07 Å². The maximum atomic E-state index is 5.55. The predicted octanol–water partition coefficient (Wildman–Crippen LogP) is 0.635. The highest BCUT2D eigenvalue weighted by Crippen LogP contribution is 1.89. The van der Waals surface area contributed by atoms with E-state index >= 15 is 0 Å². The van der Waals surface area contributed by atoms with E-state index in [9.17, 15) is 0 Å². The van der Waals surface area contributed by atoms with E-state index < -0.39 is 0 Å². The van der Waals surface area contributed by atoms with E-state index in [1.807, 2.05) is 30.0 Å². The number of aromatic nitrogens is 1. The number of hydrogen-bond acceptors (Lipinski definition) is 1. The molecule has 1 aromatic rings. The first-order valence-electron chi connectivity index (χ1n) is 3.06. The molecule has 0 fully saturated rings. The maximum absolute atomic E-state index is 5.55. The van der Waals surface area contributed by atoms with Crippen LogP contribution in [-0.4, -0.2) is 10.6 Å². The van der Waals surface area contributed by atoms with Gasteiger partial charge >= 0.3 is 0 Å². The van der Waals surface area contributed by atoms with Crippen molar-refractivity contribution in [3.05, 3.63) is 24.5 Å². The average Bonchev–Trinajstić information content (AvgIpc) is 2.15. The van der Waals surface area contributed by atoms with Crippen LogP contribution in [0.15, 0.2) is 18.5 Å². The van der Waals surface area contributed by atoms with Gasteiger partial charge in [0.25, 0.3) is 0 Å². The highest BCUT2D eigenvalue weighted by molar-refractivity contribution is 4.88. The molecule has 1 heterocycles. The summed E-state index contributed by atoms with van der Waals surface area (Å²) < 4.78 is 2.02. The maximum Gasteiger partial charge on any atom is 0.0368 e. The van der Waals surface area contributed by atoms with Crippen LogP contribution in [0.3, 0.4) is 0 Å². The molecule has 49 valence electrons. The summed E-state index contributed by atoms with van der Waals surface area (Å²) in [7, 11) is 0. The predicted molar refractivity (Wildman–Crippen MR) is 36.9 cm³/mol. The molecule has 0 saturated heterocycles. The molecule has 0 aliphatic heterocycles. The van der Waals surface area contributed by atoms with Crippen molar-refractivity contribution in [2.24, 2.45) is 5.73 Å². The molecule has 1 atom stereocenters. The van der Waals surface area contributed by atoms with E-state index in [-0.39, 0.29) is 6.04 Å². The molecule has 0 aliphatic carbocycles. The minimum absolute atomic E-state index is 0.228. The number of nitrogens with zero attached hydrogens (tertiary/aromatic N) is 1. The first-order valence-corrected chi connectivity index (χ1v) is 3.06. The van der Waals surface area contributed by atoms with Gasteiger partial charge in [0.15, 0.2) is 0 Å². The summed E-state index contributed by atoms with van der Waals surface area (Å²) >= 11 is 0. The van der Waals surface area contributed by atoms with E-state index in [0.717, 1.165) is 6.54 Å². The molecule has 2 N–H and O–H groups in total. The molecule has 1 radical (unpaired) electrons. The first kappa shape index (κ1) is 6.36. The molecule has 0 unspecified atom stereocenters. The zero-order valence-electron chi connectivity index (χ0n) is 5.54. The van der Waals surface area contributed by atoms with E-state index in [4.69, 9.17) is 5.73 Å². The van der Waals surface area contributed by atoms with Gasteiger partial charge in [-0.15, -0.1) is 0 Å². The molecule has 0 saturated carbocycles. The Bertz CT molecular complexity index is 153. The summed E-state index contributed by atoms with van der Waals surface area (Å²) in [6.07, 6.45) is 3.85. The Labute approximate surface area is 55.3 Å². The second kappa shape index (κ2) is 2.69. The third kappa shape index (κ3) is 1.90. The zero-order valence-corrected chi connectivity index (χ0v) is 5.54. The van der Waals surface area contributed by atoms with Gasteiger partial charge in [0, 0.05) is 31.0 Å². The molecule has 0 bridgehead atoms. The van der Waals surface area contributed by atoms with Crippen molar-refractivity contribution in [3.8, 4) is 0 Å². The third-order valence-electron chi connectivity index (χ3n) is 1.10. The van der Waals surface area contributed by atoms with Gasteiger partial charge < -0.3 is 10.3 Å². The monoisotopic (exact) mass is 123 g/mol. The average molecular weight is 123 g/mol. The van der Waals surface area contributed by atoms with Crippen molar-refractivity contribution in [2.75, 3.05) is 0 Å². The standard InChI is InChI=1S/C7H11N2/c1-7(8)6-9-4-2-3-5-9/h2,4-5,7H,6,8H2,1H3/t7-/m0/s1. The van der Waals surface area contributed by atoms with Crippen LogP contribution >= 0.6 is 0 Å². The Morgan fingerprint density at radius 3 is 3.00 bits per heavy atom. The lowest BCUT2D eigenvalue weighted by atomic mass is 10.4. The Hall–Kier alpha value is -0.760. The fourth-order valence-electron chi connectivity index (χ4n) is 0.767. The minimum atomic E-state index is 0.228. The van der Waals surface area contributed by atoms with Crippen molar-refractivity contribution >= 4 is 0 Å². The summed E-state index contributed by atoms with van der Waals surface area (Å²) in [5.74, 6) is 0. The summed E-state index contributed by atoms with van der Waals surface area (Å²) in [4.78, 5) is 0. The van der Waals surface area contributed by atoms with Gasteiger partial charge in [-0.05, 0) is 13.0 Å². The SMILES string of the molecule is C[C@H](N)Cn1c[c]cc1. The van der Waals surface area contributed by atoms with Crippen molar-refractivity contribution in [1.82, 2.24) is 4.57 Å². The van der Waals surface area contributed by atoms with Gasteiger partial charge in [0.05, 0.1) is 0 Å². The van der Waals surface area contributed by atoms with Crippen LogP contribution in [0.25, 0.3) is 0 Å². The van der Waals surface area contributed by atoms with Crippen LogP contribution in [0.2, 0.25) is 0 Å². The van der Waals surface area contributed by atoms with Gasteiger partial charge in [-0.1, -0.05) is 0 Å². The molecule has 1 aromatic heterocycles. The highest BCUT2D eigenvalue weighted by atomic mass is 15.0. The van der Waals surface area contributed by atoms with Crippen LogP contribution in [0.5, 0.6) is 0 Å². The van der Waals surface area contributed by atoms with Crippen molar-refractivity contribution in [2.45, 2.75) is 19.5 Å². The molecule has 0 aliphatic rings. The molecular formula is C7H11N2. The lowest BCUT2D eigenvalue weighted by Gasteiger charge is -2.04. The smallest absolute Gasteiger partial charge is 0.0368 e. The lowest BCUT2D eigenvalue weighted by Crippen LogP contribution is -2.21. The molecule has 9 heavy (non-hydrogen) atoms. The third-order valence-corrected chi connectivity index (χ3v) is 1.10. The van der Waals surface area contributed by atoms with Gasteiger partial charge in [-0.2, -0.15) is 0 Å². The summed E-state index contributed by atoms with van der Waals surface area (Å²) in [6.45, 7) is 2.86. The Morgan fingerprint density at radius 2 is 2.56 bits per heavy atom. The van der Waals surface area contributed by atoms with Crippen molar-refractivity contribution in [3.63, 3.8) is 0 Å². The Kier molecular flexibility index (Phi) is 1.90. The van der Waals surface area contributed by atoms with Crippen LogP contribution in [0, 0.1) is 6.07 Å². The summed E-state index contributed by atoms with van der Waals surface area (Å²) in [5, 5.41) is 0. The van der Waals surface area contributed by atoms with Crippen molar-refractivity contribution < 1.29 is 0 Å². The second-order valence-corrected chi connectivity index (χ2v) is 2.29. The fraction of sp³-hybridized carbons (Fsp3) is 0.429. The topological polar surface area (TPSA) is 30.9 Å². The minimum Gasteiger partial charge on any atom is -0.352 e. The van der Waals surface area contributed by atoms with Crippen LogP contribution < -0.4 is 5.73 Å². The second-order valence-electron chi connectivity index (χ2n) is 2.29. The normalized spacial score (nSPS) is 13.6. The Morgan fingerprint density at radius 1 is 1.78 bits per heavy atom. The van der Waals surface area contributed by atoms with Crippen LogP contribution in [0.1, 0.15) is 6.92 Å². The number of hydrogen-bond donors (Lipinski definition) is 1. The molecule has 2 nitrogen and oxygen atoms in total. The van der Waals surface area contributed by atoms with Gasteiger partial charge in [0.2, 0.25) is 0 Å². The van der Waals surface area contributed by atoms with Crippen LogP contribution in [0.4, 0.5) is 0 Å². The van der Waals surface area contributed by atoms with Crippen molar-refractivity contribution in [1.29, 1.82) is 0 Å². The number of rotatable bonds is 2. The van der Waals surface area contributed by atoms with E-state index in [1.54, 1.807) is 0 Å². The lowest BCUT2D eigenvalue weighted by molar-refractivity contribution is 0.592. The number of nitrogens with two attached hydrogens (primary N) is 1. The molecule has 0 spiro atoms. The van der Waals surface area contributed by atoms with Gasteiger partial charge in [0.1, 0.15) is 0 Å². The molecular weight excluding hydrogens is 112 g/mol. The fourth-order valence-corrected chi connectivity index (χ4v) is 0.767. The molecule has 1 rings (SSSR count). The first-order chi connectivity index (χ1) is 4.29. The van der Waals surface area contributed by atoms with Gasteiger partial charge in [-0.3, -0.25) is 0 Å². The van der Waals surface area contributed by atoms with Gasteiger partial charge in [-0.25, -0.2) is 0 Å². The largest absolute Gasteiger partial charge is 0.352 e. The molecule has 0 aromatic carbocycles. The Balaban J connectivity index is 2.48.